The van der Waals surface area contributed by atoms with Crippen LogP contribution in [0.2, 0.25) is 0 Å². The van der Waals surface area contributed by atoms with Gasteiger partial charge in [-0.2, -0.15) is 0 Å². The van der Waals surface area contributed by atoms with E-state index >= 15 is 0 Å². The molecule has 0 aliphatic heterocycles. The number of allylic oxidation sites excluding steroid dienone is 1. The second-order valence-electron chi connectivity index (χ2n) is 8.39. The van der Waals surface area contributed by atoms with Crippen molar-refractivity contribution in [1.82, 2.24) is 10.3 Å². The molecule has 1 aliphatic carbocycles. The van der Waals surface area contributed by atoms with E-state index < -0.39 is 15.9 Å². The normalized spacial score (nSPS) is 15.2. The summed E-state index contributed by atoms with van der Waals surface area (Å²) < 4.78 is 28.2. The summed E-state index contributed by atoms with van der Waals surface area (Å²) >= 11 is 4.44. The standard InChI is InChI=1S/C24H31N3O4S2.C2H6.H2/c1-31-22-14-7-18(16-26-22)8-15-23(32)27-24(28)21(13-6-17-4-2-3-5-17)19-9-11-20(12-10-19)33(25,29)30;1-2;/h7,9-12,14-17,21,32H,2-6,8,13H2,1H3,(H,27,28)(H2,25,29,30);1-2H3;1H/b23-15-;;. The van der Waals surface area contributed by atoms with Gasteiger partial charge in [0.25, 0.3) is 0 Å². The number of hydrogen-bond acceptors (Lipinski definition) is 6. The maximum absolute atomic E-state index is 13.2. The number of sulfonamides is 1. The van der Waals surface area contributed by atoms with Gasteiger partial charge in [0.2, 0.25) is 21.8 Å². The summed E-state index contributed by atoms with van der Waals surface area (Å²) in [5, 5.41) is 8.56. The van der Waals surface area contributed by atoms with Gasteiger partial charge in [0.1, 0.15) is 0 Å². The molecule has 7 nitrogen and oxygen atoms in total. The van der Waals surface area contributed by atoms with Crippen LogP contribution in [0.5, 0.6) is 5.88 Å². The minimum absolute atomic E-state index is 0. The number of benzene rings is 1. The van der Waals surface area contributed by atoms with Gasteiger partial charge in [-0.25, -0.2) is 18.5 Å². The lowest BCUT2D eigenvalue weighted by Gasteiger charge is -2.19. The van der Waals surface area contributed by atoms with E-state index in [1.54, 1.807) is 31.5 Å². The number of ether oxygens (including phenoxy) is 1. The number of carbonyl (C=O) groups excluding carboxylic acids is 1. The first-order valence-corrected chi connectivity index (χ1v) is 14.1. The molecule has 9 heteroatoms. The van der Waals surface area contributed by atoms with Gasteiger partial charge in [0.05, 0.1) is 23.0 Å². The van der Waals surface area contributed by atoms with E-state index in [0.717, 1.165) is 17.5 Å². The summed E-state index contributed by atoms with van der Waals surface area (Å²) in [7, 11) is -2.22. The maximum Gasteiger partial charge on any atom is 0.238 e. The van der Waals surface area contributed by atoms with Crippen molar-refractivity contribution in [3.63, 3.8) is 0 Å². The fraction of sp³-hybridized carbons (Fsp3) is 0.462. The number of nitrogens with one attached hydrogen (secondary N) is 1. The Morgan fingerprint density at radius 2 is 1.89 bits per heavy atom. The Balaban J connectivity index is 0.00000211. The number of methoxy groups -OCH3 is 1. The van der Waals surface area contributed by atoms with Crippen LogP contribution in [0, 0.1) is 5.92 Å². The van der Waals surface area contributed by atoms with Gasteiger partial charge < -0.3 is 10.1 Å². The highest BCUT2D eigenvalue weighted by atomic mass is 32.2. The van der Waals surface area contributed by atoms with E-state index in [9.17, 15) is 13.2 Å². The minimum atomic E-state index is -3.78. The molecule has 2 aromatic rings. The molecular formula is C26H39N3O4S2. The van der Waals surface area contributed by atoms with E-state index in [-0.39, 0.29) is 12.2 Å². The molecule has 1 fully saturated rings. The van der Waals surface area contributed by atoms with Crippen LogP contribution in [-0.4, -0.2) is 26.4 Å². The summed E-state index contributed by atoms with van der Waals surface area (Å²) in [5.74, 6) is 0.613. The number of rotatable bonds is 10. The fourth-order valence-corrected chi connectivity index (χ4v) is 4.89. The smallest absolute Gasteiger partial charge is 0.238 e. The zero-order valence-electron chi connectivity index (χ0n) is 20.7. The van der Waals surface area contributed by atoms with E-state index in [1.165, 1.54) is 37.8 Å². The highest BCUT2D eigenvalue weighted by molar-refractivity contribution is 7.89. The number of hydrogen-bond donors (Lipinski definition) is 3. The molecule has 1 aromatic heterocycles. The van der Waals surface area contributed by atoms with Crippen LogP contribution in [0.1, 0.15) is 70.8 Å². The average molecular weight is 522 g/mol. The Morgan fingerprint density at radius 3 is 2.43 bits per heavy atom. The second kappa shape index (κ2) is 14.3. The van der Waals surface area contributed by atoms with Crippen molar-refractivity contribution in [3.8, 4) is 5.88 Å². The number of primary sulfonamides is 1. The molecule has 0 radical (unpaired) electrons. The summed E-state index contributed by atoms with van der Waals surface area (Å²) in [6.45, 7) is 4.00. The lowest BCUT2D eigenvalue weighted by Crippen LogP contribution is -2.28. The van der Waals surface area contributed by atoms with Crippen molar-refractivity contribution in [2.45, 2.75) is 69.6 Å². The number of thiol groups is 1. The Hall–Kier alpha value is -2.36. The Bertz CT molecular complexity index is 1070. The molecule has 194 valence electrons. The Kier molecular flexibility index (Phi) is 11.8. The third-order valence-corrected chi connectivity index (χ3v) is 7.28. The molecule has 1 aliphatic rings. The molecule has 0 saturated heterocycles. The van der Waals surface area contributed by atoms with Crippen LogP contribution < -0.4 is 15.2 Å². The zero-order chi connectivity index (χ0) is 25.8. The third-order valence-electron chi connectivity index (χ3n) is 6.05. The van der Waals surface area contributed by atoms with Gasteiger partial charge in [-0.3, -0.25) is 4.79 Å². The molecule has 35 heavy (non-hydrogen) atoms. The van der Waals surface area contributed by atoms with E-state index in [0.29, 0.717) is 29.7 Å². The van der Waals surface area contributed by atoms with Crippen molar-refractivity contribution in [1.29, 1.82) is 0 Å². The maximum atomic E-state index is 13.2. The number of nitrogens with two attached hydrogens (primary N) is 1. The fourth-order valence-electron chi connectivity index (χ4n) is 4.17. The molecular weight excluding hydrogens is 482 g/mol. The van der Waals surface area contributed by atoms with Gasteiger partial charge in [0, 0.05) is 13.7 Å². The summed E-state index contributed by atoms with van der Waals surface area (Å²) in [4.78, 5) is 17.4. The predicted octanol–water partition coefficient (Wildman–Crippen LogP) is 5.19. The number of aromatic nitrogens is 1. The molecule has 1 amide bonds. The van der Waals surface area contributed by atoms with Crippen molar-refractivity contribution in [2.24, 2.45) is 11.1 Å². The number of carbonyl (C=O) groups is 1. The predicted molar refractivity (Wildman–Crippen MR) is 145 cm³/mol. The van der Waals surface area contributed by atoms with E-state index in [4.69, 9.17) is 9.88 Å². The van der Waals surface area contributed by atoms with Gasteiger partial charge in [-0.15, -0.1) is 12.6 Å². The summed E-state index contributed by atoms with van der Waals surface area (Å²) in [5.41, 5.74) is 1.73. The van der Waals surface area contributed by atoms with Crippen LogP contribution in [0.3, 0.4) is 0 Å². The molecule has 1 unspecified atom stereocenters. The van der Waals surface area contributed by atoms with Crippen molar-refractivity contribution in [3.05, 3.63) is 64.8 Å². The molecule has 1 aromatic carbocycles. The lowest BCUT2D eigenvalue weighted by molar-refractivity contribution is -0.121. The topological polar surface area (TPSA) is 111 Å². The number of pyridine rings is 1. The Morgan fingerprint density at radius 1 is 1.23 bits per heavy atom. The quantitative estimate of drug-likeness (QED) is 0.372. The van der Waals surface area contributed by atoms with Gasteiger partial charge in [-0.05, 0) is 54.5 Å². The molecule has 1 atom stereocenters. The first-order valence-electron chi connectivity index (χ1n) is 12.1. The van der Waals surface area contributed by atoms with Crippen LogP contribution in [-0.2, 0) is 21.2 Å². The van der Waals surface area contributed by atoms with Gasteiger partial charge in [-0.1, -0.05) is 57.7 Å². The molecule has 0 spiro atoms. The number of amides is 1. The van der Waals surface area contributed by atoms with Crippen LogP contribution >= 0.6 is 12.6 Å². The van der Waals surface area contributed by atoms with E-state index in [1.807, 2.05) is 26.0 Å². The third kappa shape index (κ3) is 9.31. The zero-order valence-corrected chi connectivity index (χ0v) is 22.4. The van der Waals surface area contributed by atoms with E-state index in [2.05, 4.69) is 22.9 Å². The first-order chi connectivity index (χ1) is 16.8. The molecule has 1 saturated carbocycles. The summed E-state index contributed by atoms with van der Waals surface area (Å²) in [6.07, 6.45) is 10.6. The molecule has 0 bridgehead atoms. The van der Waals surface area contributed by atoms with Gasteiger partial charge in [0.15, 0.2) is 0 Å². The molecule has 3 rings (SSSR count). The first kappa shape index (κ1) is 28.9. The molecule has 3 N–H and O–H groups in total. The number of nitrogens with zero attached hydrogens (tertiary/aromatic N) is 1. The van der Waals surface area contributed by atoms with Crippen LogP contribution in [0.4, 0.5) is 0 Å². The van der Waals surface area contributed by atoms with Crippen LogP contribution in [0.25, 0.3) is 0 Å². The van der Waals surface area contributed by atoms with Crippen molar-refractivity contribution in [2.75, 3.05) is 7.11 Å². The van der Waals surface area contributed by atoms with Gasteiger partial charge >= 0.3 is 0 Å². The molecule has 1 heterocycles. The van der Waals surface area contributed by atoms with Crippen molar-refractivity contribution < 1.29 is 19.4 Å². The monoisotopic (exact) mass is 521 g/mol. The Labute approximate surface area is 216 Å². The minimum Gasteiger partial charge on any atom is -0.481 e. The lowest BCUT2D eigenvalue weighted by atomic mass is 9.89. The average Bonchev–Trinajstić information content (AvgIpc) is 3.38. The summed E-state index contributed by atoms with van der Waals surface area (Å²) in [6, 6.07) is 9.93. The SMILES string of the molecule is CC.COc1ccc(C/C=C(\S)NC(=O)C(CCC2CCCC2)c2ccc(S(N)(=O)=O)cc2)cn1.[HH]. The van der Waals surface area contributed by atoms with Crippen LogP contribution in [0.15, 0.2) is 58.6 Å². The highest BCUT2D eigenvalue weighted by Crippen LogP contribution is 2.33. The van der Waals surface area contributed by atoms with Crippen molar-refractivity contribution >= 4 is 28.6 Å². The highest BCUT2D eigenvalue weighted by Gasteiger charge is 2.24. The largest absolute Gasteiger partial charge is 0.481 e. The second-order valence-corrected chi connectivity index (χ2v) is 10.4.